The van der Waals surface area contributed by atoms with Crippen LogP contribution in [-0.2, 0) is 6.54 Å². The molecule has 0 aliphatic carbocycles. The number of phenolic OH excluding ortho intramolecular Hbond substituents is 1. The molecule has 3 aromatic carbocycles. The Balaban J connectivity index is 1.47. The highest BCUT2D eigenvalue weighted by Crippen LogP contribution is 2.20. The second-order valence-electron chi connectivity index (χ2n) is 6.55. The largest absolute Gasteiger partial charge is 0.508 e. The Bertz CT molecular complexity index is 1140. The molecular formula is C24H19ClN2O. The minimum absolute atomic E-state index is 0.278. The van der Waals surface area contributed by atoms with E-state index in [0.29, 0.717) is 11.6 Å². The molecule has 0 radical (unpaired) electrons. The van der Waals surface area contributed by atoms with Gasteiger partial charge in [0.1, 0.15) is 5.75 Å². The lowest BCUT2D eigenvalue weighted by molar-refractivity contribution is 0.475. The first kappa shape index (κ1) is 18.1. The second kappa shape index (κ2) is 8.15. The van der Waals surface area contributed by atoms with E-state index in [1.165, 1.54) is 0 Å². The van der Waals surface area contributed by atoms with Crippen molar-refractivity contribution in [2.45, 2.75) is 6.54 Å². The standard InChI is InChI=1S/C24H19ClN2O/c25-20-9-7-19-8-11-21(27-24(19)15-20)10-4-17-2-1-3-22(14-17)26-16-18-5-12-23(28)13-6-18/h1-15,26,28H,16H2/b10-4+. The molecule has 0 atom stereocenters. The predicted molar refractivity (Wildman–Crippen MR) is 118 cm³/mol. The lowest BCUT2D eigenvalue weighted by Gasteiger charge is -2.07. The first-order chi connectivity index (χ1) is 13.7. The van der Waals surface area contributed by atoms with E-state index in [4.69, 9.17) is 11.6 Å². The molecule has 0 aliphatic rings. The van der Waals surface area contributed by atoms with Crippen LogP contribution < -0.4 is 5.32 Å². The number of hydrogen-bond acceptors (Lipinski definition) is 3. The van der Waals surface area contributed by atoms with Crippen molar-refractivity contribution in [1.82, 2.24) is 4.98 Å². The maximum absolute atomic E-state index is 9.36. The molecule has 0 amide bonds. The van der Waals surface area contributed by atoms with Crippen LogP contribution in [0.5, 0.6) is 5.75 Å². The summed E-state index contributed by atoms with van der Waals surface area (Å²) in [4.78, 5) is 4.65. The Morgan fingerprint density at radius 2 is 1.71 bits per heavy atom. The van der Waals surface area contributed by atoms with E-state index in [1.807, 2.05) is 66.7 Å². The van der Waals surface area contributed by atoms with Gasteiger partial charge in [-0.1, -0.05) is 54.1 Å². The molecule has 4 rings (SSSR count). The molecule has 0 fully saturated rings. The molecule has 1 heterocycles. The average Bonchev–Trinajstić information content (AvgIpc) is 2.72. The Hall–Kier alpha value is -3.30. The van der Waals surface area contributed by atoms with Crippen molar-refractivity contribution in [3.05, 3.63) is 101 Å². The second-order valence-corrected chi connectivity index (χ2v) is 6.99. The number of hydrogen-bond donors (Lipinski definition) is 2. The molecule has 0 saturated heterocycles. The number of rotatable bonds is 5. The normalized spacial score (nSPS) is 11.2. The highest BCUT2D eigenvalue weighted by atomic mass is 35.5. The number of aromatic hydroxyl groups is 1. The first-order valence-electron chi connectivity index (χ1n) is 9.02. The van der Waals surface area contributed by atoms with Gasteiger partial charge in [0.25, 0.3) is 0 Å². The van der Waals surface area contributed by atoms with Gasteiger partial charge in [-0.2, -0.15) is 0 Å². The zero-order chi connectivity index (χ0) is 19.3. The number of aromatic nitrogens is 1. The van der Waals surface area contributed by atoms with Crippen molar-refractivity contribution in [3.8, 4) is 5.75 Å². The summed E-state index contributed by atoms with van der Waals surface area (Å²) in [5.74, 6) is 0.278. The molecule has 4 aromatic rings. The maximum Gasteiger partial charge on any atom is 0.115 e. The van der Waals surface area contributed by atoms with Gasteiger partial charge < -0.3 is 10.4 Å². The average molecular weight is 387 g/mol. The minimum Gasteiger partial charge on any atom is -0.508 e. The van der Waals surface area contributed by atoms with Gasteiger partial charge in [-0.05, 0) is 59.7 Å². The van der Waals surface area contributed by atoms with Crippen LogP contribution in [0.2, 0.25) is 5.02 Å². The van der Waals surface area contributed by atoms with E-state index < -0.39 is 0 Å². The monoisotopic (exact) mass is 386 g/mol. The number of fused-ring (bicyclic) bond motifs is 1. The van der Waals surface area contributed by atoms with Gasteiger partial charge >= 0.3 is 0 Å². The van der Waals surface area contributed by atoms with Crippen LogP contribution in [0.1, 0.15) is 16.8 Å². The van der Waals surface area contributed by atoms with Crippen LogP contribution in [0, 0.1) is 0 Å². The lowest BCUT2D eigenvalue weighted by atomic mass is 10.1. The Labute approximate surface area is 168 Å². The predicted octanol–water partition coefficient (Wildman–Crippen LogP) is 6.38. The summed E-state index contributed by atoms with van der Waals surface area (Å²) < 4.78 is 0. The van der Waals surface area contributed by atoms with E-state index in [9.17, 15) is 5.11 Å². The van der Waals surface area contributed by atoms with E-state index >= 15 is 0 Å². The SMILES string of the molecule is Oc1ccc(CNc2cccc(/C=C/c3ccc4ccc(Cl)cc4n3)c2)cc1. The summed E-state index contributed by atoms with van der Waals surface area (Å²) in [6.07, 6.45) is 4.05. The van der Waals surface area contributed by atoms with Gasteiger partial charge in [-0.15, -0.1) is 0 Å². The van der Waals surface area contributed by atoms with Gasteiger partial charge in [0.05, 0.1) is 11.2 Å². The van der Waals surface area contributed by atoms with Crippen molar-refractivity contribution in [1.29, 1.82) is 0 Å². The molecule has 1 aromatic heterocycles. The molecule has 0 unspecified atom stereocenters. The first-order valence-corrected chi connectivity index (χ1v) is 9.40. The summed E-state index contributed by atoms with van der Waals surface area (Å²) in [5, 5.41) is 14.5. The van der Waals surface area contributed by atoms with E-state index in [-0.39, 0.29) is 5.75 Å². The summed E-state index contributed by atoms with van der Waals surface area (Å²) in [7, 11) is 0. The summed E-state index contributed by atoms with van der Waals surface area (Å²) in [6.45, 7) is 0.695. The number of nitrogens with one attached hydrogen (secondary N) is 1. The van der Waals surface area contributed by atoms with Crippen LogP contribution in [0.4, 0.5) is 5.69 Å². The quantitative estimate of drug-likeness (QED) is 0.418. The molecule has 0 spiro atoms. The van der Waals surface area contributed by atoms with Gasteiger partial charge in [0.2, 0.25) is 0 Å². The van der Waals surface area contributed by atoms with Gasteiger partial charge in [-0.3, -0.25) is 0 Å². The highest BCUT2D eigenvalue weighted by molar-refractivity contribution is 6.31. The Kier molecular flexibility index (Phi) is 5.27. The van der Waals surface area contributed by atoms with E-state index in [1.54, 1.807) is 12.1 Å². The van der Waals surface area contributed by atoms with Crippen molar-refractivity contribution in [3.63, 3.8) is 0 Å². The zero-order valence-corrected chi connectivity index (χ0v) is 15.9. The maximum atomic E-state index is 9.36. The van der Waals surface area contributed by atoms with Crippen LogP contribution in [0.3, 0.4) is 0 Å². The summed E-state index contributed by atoms with van der Waals surface area (Å²) in [5.41, 5.74) is 5.01. The topological polar surface area (TPSA) is 45.1 Å². The Morgan fingerprint density at radius 3 is 2.57 bits per heavy atom. The summed E-state index contributed by atoms with van der Waals surface area (Å²) >= 11 is 6.07. The molecule has 2 N–H and O–H groups in total. The minimum atomic E-state index is 0.278. The fourth-order valence-corrected chi connectivity index (χ4v) is 3.12. The molecule has 0 bridgehead atoms. The third-order valence-electron chi connectivity index (χ3n) is 4.44. The van der Waals surface area contributed by atoms with Crippen LogP contribution >= 0.6 is 11.6 Å². The molecule has 28 heavy (non-hydrogen) atoms. The number of nitrogens with zero attached hydrogens (tertiary/aromatic N) is 1. The molecule has 0 saturated carbocycles. The molecule has 0 aliphatic heterocycles. The van der Waals surface area contributed by atoms with Gasteiger partial charge in [0, 0.05) is 22.6 Å². The fourth-order valence-electron chi connectivity index (χ4n) is 2.95. The number of benzene rings is 3. The van der Waals surface area contributed by atoms with Crippen molar-refractivity contribution in [2.24, 2.45) is 0 Å². The smallest absolute Gasteiger partial charge is 0.115 e. The molecule has 4 heteroatoms. The van der Waals surface area contributed by atoms with Crippen molar-refractivity contribution < 1.29 is 5.11 Å². The van der Waals surface area contributed by atoms with E-state index in [2.05, 4.69) is 22.4 Å². The number of phenols is 1. The van der Waals surface area contributed by atoms with Crippen LogP contribution in [0.25, 0.3) is 23.1 Å². The zero-order valence-electron chi connectivity index (χ0n) is 15.1. The van der Waals surface area contributed by atoms with Gasteiger partial charge in [-0.25, -0.2) is 4.98 Å². The highest BCUT2D eigenvalue weighted by Gasteiger charge is 1.99. The number of pyridine rings is 1. The van der Waals surface area contributed by atoms with Crippen LogP contribution in [0.15, 0.2) is 78.9 Å². The number of halogens is 1. The van der Waals surface area contributed by atoms with Crippen molar-refractivity contribution >= 4 is 40.3 Å². The van der Waals surface area contributed by atoms with Crippen LogP contribution in [-0.4, -0.2) is 10.1 Å². The fraction of sp³-hybridized carbons (Fsp3) is 0.0417. The van der Waals surface area contributed by atoms with Gasteiger partial charge in [0.15, 0.2) is 0 Å². The number of anilines is 1. The van der Waals surface area contributed by atoms with E-state index in [0.717, 1.165) is 33.4 Å². The molecule has 138 valence electrons. The molecule has 3 nitrogen and oxygen atoms in total. The third kappa shape index (κ3) is 4.51. The summed E-state index contributed by atoms with van der Waals surface area (Å²) in [6, 6.07) is 25.2. The Morgan fingerprint density at radius 1 is 0.893 bits per heavy atom. The molecular weight excluding hydrogens is 368 g/mol. The van der Waals surface area contributed by atoms with Crippen molar-refractivity contribution in [2.75, 3.05) is 5.32 Å². The lowest BCUT2D eigenvalue weighted by Crippen LogP contribution is -1.98. The third-order valence-corrected chi connectivity index (χ3v) is 4.68.